The Balaban J connectivity index is 1.67. The molecule has 1 atom stereocenters. The zero-order valence-corrected chi connectivity index (χ0v) is 18.5. The quantitative estimate of drug-likeness (QED) is 0.356. The van der Waals surface area contributed by atoms with Gasteiger partial charge in [0.1, 0.15) is 5.60 Å². The Morgan fingerprint density at radius 1 is 1.27 bits per heavy atom. The summed E-state index contributed by atoms with van der Waals surface area (Å²) in [5.41, 5.74) is 1.84. The number of hydrogen-bond acceptors (Lipinski definition) is 6. The van der Waals surface area contributed by atoms with Gasteiger partial charge in [-0.3, -0.25) is 0 Å². The number of aromatic nitrogens is 2. The van der Waals surface area contributed by atoms with Crippen LogP contribution >= 0.6 is 11.3 Å². The molecule has 0 radical (unpaired) electrons. The fourth-order valence-corrected chi connectivity index (χ4v) is 3.72. The monoisotopic (exact) mass is 427 g/mol. The van der Waals surface area contributed by atoms with Crippen molar-refractivity contribution in [1.29, 1.82) is 0 Å². The summed E-state index contributed by atoms with van der Waals surface area (Å²) in [5.74, 6) is 1.91. The molecule has 3 rings (SSSR count). The van der Waals surface area contributed by atoms with Crippen LogP contribution in [0.1, 0.15) is 44.1 Å². The molecule has 0 saturated carbocycles. The largest absolute Gasteiger partial charge is 0.384 e. The normalized spacial score (nSPS) is 13.8. The maximum absolute atomic E-state index is 10.7. The number of benzene rings is 1. The summed E-state index contributed by atoms with van der Waals surface area (Å²) in [6.07, 6.45) is 1.79. The van der Waals surface area contributed by atoms with Crippen molar-refractivity contribution in [3.05, 3.63) is 58.0 Å². The molecule has 3 aromatic rings. The molecular formula is C22H29N5O2S. The zero-order chi connectivity index (χ0) is 21.4. The Labute approximate surface area is 181 Å². The van der Waals surface area contributed by atoms with E-state index in [4.69, 9.17) is 4.52 Å². The number of hydrogen-bond donors (Lipinski definition) is 3. The van der Waals surface area contributed by atoms with Crippen LogP contribution < -0.4 is 10.6 Å². The van der Waals surface area contributed by atoms with Crippen LogP contribution in [0, 0.1) is 0 Å². The average molecular weight is 428 g/mol. The van der Waals surface area contributed by atoms with E-state index in [1.54, 1.807) is 18.3 Å². The molecule has 0 fully saturated rings. The second-order valence-electron chi connectivity index (χ2n) is 7.30. The molecule has 0 saturated heterocycles. The molecule has 0 aliphatic rings. The van der Waals surface area contributed by atoms with E-state index in [2.05, 4.69) is 32.7 Å². The maximum Gasteiger partial charge on any atom is 0.257 e. The van der Waals surface area contributed by atoms with Crippen molar-refractivity contribution < 1.29 is 9.63 Å². The first-order valence-corrected chi connectivity index (χ1v) is 11.1. The third-order valence-electron chi connectivity index (χ3n) is 4.62. The number of nitrogens with zero attached hydrogens (tertiary/aromatic N) is 3. The van der Waals surface area contributed by atoms with Gasteiger partial charge in [0.2, 0.25) is 0 Å². The molecule has 2 aromatic heterocycles. The topological polar surface area (TPSA) is 95.6 Å². The van der Waals surface area contributed by atoms with E-state index in [1.165, 1.54) is 0 Å². The van der Waals surface area contributed by atoms with Gasteiger partial charge in [0.15, 0.2) is 11.8 Å². The van der Waals surface area contributed by atoms with Crippen LogP contribution in [-0.2, 0) is 18.6 Å². The van der Waals surface area contributed by atoms with Gasteiger partial charge in [-0.1, -0.05) is 24.2 Å². The Bertz CT molecular complexity index is 950. The number of aliphatic hydroxyl groups is 1. The van der Waals surface area contributed by atoms with E-state index < -0.39 is 5.60 Å². The Morgan fingerprint density at radius 2 is 2.13 bits per heavy atom. The fourth-order valence-electron chi connectivity index (χ4n) is 2.94. The van der Waals surface area contributed by atoms with Gasteiger partial charge in [0.05, 0.1) is 13.1 Å². The van der Waals surface area contributed by atoms with Crippen molar-refractivity contribution >= 4 is 17.3 Å². The molecule has 2 heterocycles. The average Bonchev–Trinajstić information content (AvgIpc) is 3.43. The summed E-state index contributed by atoms with van der Waals surface area (Å²) in [6, 6.07) is 9.88. The van der Waals surface area contributed by atoms with Crippen molar-refractivity contribution in [2.75, 3.05) is 13.1 Å². The third kappa shape index (κ3) is 5.90. The lowest BCUT2D eigenvalue weighted by Gasteiger charge is -2.24. The van der Waals surface area contributed by atoms with Gasteiger partial charge in [-0.05, 0) is 60.4 Å². The summed E-state index contributed by atoms with van der Waals surface area (Å²) in [7, 11) is 0. The van der Waals surface area contributed by atoms with Crippen LogP contribution in [0.25, 0.3) is 11.5 Å². The summed E-state index contributed by atoms with van der Waals surface area (Å²) < 4.78 is 5.39. The van der Waals surface area contributed by atoms with E-state index in [0.29, 0.717) is 24.9 Å². The van der Waals surface area contributed by atoms with Crippen LogP contribution in [0.5, 0.6) is 0 Å². The highest BCUT2D eigenvalue weighted by Gasteiger charge is 2.23. The lowest BCUT2D eigenvalue weighted by atomic mass is 9.99. The van der Waals surface area contributed by atoms with Gasteiger partial charge in [0, 0.05) is 18.5 Å². The molecule has 3 N–H and O–H groups in total. The first-order chi connectivity index (χ1) is 14.5. The van der Waals surface area contributed by atoms with Gasteiger partial charge in [0.25, 0.3) is 5.89 Å². The molecule has 30 heavy (non-hydrogen) atoms. The van der Waals surface area contributed by atoms with Crippen LogP contribution in [-0.4, -0.2) is 34.3 Å². The smallest absolute Gasteiger partial charge is 0.257 e. The van der Waals surface area contributed by atoms with Crippen molar-refractivity contribution in [2.24, 2.45) is 4.99 Å². The maximum atomic E-state index is 10.7. The zero-order valence-electron chi connectivity index (χ0n) is 17.7. The predicted molar refractivity (Wildman–Crippen MR) is 120 cm³/mol. The number of thiophene rings is 1. The molecule has 160 valence electrons. The van der Waals surface area contributed by atoms with E-state index >= 15 is 0 Å². The summed E-state index contributed by atoms with van der Waals surface area (Å²) >= 11 is 1.57. The van der Waals surface area contributed by atoms with E-state index in [9.17, 15) is 5.11 Å². The van der Waals surface area contributed by atoms with Crippen LogP contribution in [0.3, 0.4) is 0 Å². The molecule has 1 aromatic carbocycles. The number of rotatable bonds is 9. The van der Waals surface area contributed by atoms with Gasteiger partial charge >= 0.3 is 0 Å². The molecule has 0 amide bonds. The molecule has 8 heteroatoms. The highest BCUT2D eigenvalue weighted by atomic mass is 32.1. The number of nitrogens with one attached hydrogen (secondary N) is 2. The minimum Gasteiger partial charge on any atom is -0.384 e. The van der Waals surface area contributed by atoms with Crippen LogP contribution in [0.2, 0.25) is 0 Å². The van der Waals surface area contributed by atoms with Gasteiger partial charge in [-0.15, -0.1) is 0 Å². The second-order valence-corrected chi connectivity index (χ2v) is 8.08. The van der Waals surface area contributed by atoms with E-state index in [1.807, 2.05) is 48.0 Å². The SMILES string of the molecule is CCCc1noc(-c2cccc(CN=C(NCC)NCC(C)(O)c3ccsc3)c2)n1. The second kappa shape index (κ2) is 10.4. The number of guanidine groups is 1. The molecule has 1 unspecified atom stereocenters. The van der Waals surface area contributed by atoms with Crippen molar-refractivity contribution in [3.63, 3.8) is 0 Å². The van der Waals surface area contributed by atoms with Crippen molar-refractivity contribution in [3.8, 4) is 11.5 Å². The first-order valence-electron chi connectivity index (χ1n) is 10.2. The van der Waals surface area contributed by atoms with Crippen LogP contribution in [0.4, 0.5) is 0 Å². The Hall–Kier alpha value is -2.71. The van der Waals surface area contributed by atoms with E-state index in [0.717, 1.165) is 41.9 Å². The number of aliphatic imine (C=N–C) groups is 1. The lowest BCUT2D eigenvalue weighted by molar-refractivity contribution is 0.0621. The van der Waals surface area contributed by atoms with E-state index in [-0.39, 0.29) is 0 Å². The molecule has 0 spiro atoms. The highest BCUT2D eigenvalue weighted by Crippen LogP contribution is 2.22. The summed E-state index contributed by atoms with van der Waals surface area (Å²) in [5, 5.41) is 25.1. The molecule has 0 aliphatic carbocycles. The predicted octanol–water partition coefficient (Wildman–Crippen LogP) is 3.71. The molecule has 7 nitrogen and oxygen atoms in total. The minimum atomic E-state index is -0.968. The number of aryl methyl sites for hydroxylation is 1. The first kappa shape index (κ1) is 22.0. The fraction of sp³-hybridized carbons (Fsp3) is 0.409. The van der Waals surface area contributed by atoms with Gasteiger partial charge < -0.3 is 20.3 Å². The standard InChI is InChI=1S/C22H29N5O2S/c1-4-7-19-26-20(29-27-19)17-9-6-8-16(12-17)13-24-21(23-5-2)25-15-22(3,28)18-10-11-30-14-18/h6,8-12,14,28H,4-5,7,13,15H2,1-3H3,(H2,23,24,25). The van der Waals surface area contributed by atoms with Crippen molar-refractivity contribution in [2.45, 2.75) is 45.8 Å². The van der Waals surface area contributed by atoms with Gasteiger partial charge in [-0.25, -0.2) is 4.99 Å². The molecular weight excluding hydrogens is 398 g/mol. The third-order valence-corrected chi connectivity index (χ3v) is 5.31. The van der Waals surface area contributed by atoms with Gasteiger partial charge in [-0.2, -0.15) is 16.3 Å². The van der Waals surface area contributed by atoms with Crippen LogP contribution in [0.15, 0.2) is 50.6 Å². The summed E-state index contributed by atoms with van der Waals surface area (Å²) in [4.78, 5) is 9.11. The minimum absolute atomic E-state index is 0.359. The Kier molecular flexibility index (Phi) is 7.59. The Morgan fingerprint density at radius 3 is 2.87 bits per heavy atom. The molecule has 0 aliphatic heterocycles. The van der Waals surface area contributed by atoms with Crippen molar-refractivity contribution in [1.82, 2.24) is 20.8 Å². The lowest BCUT2D eigenvalue weighted by Crippen LogP contribution is -2.44. The summed E-state index contributed by atoms with van der Waals surface area (Å²) in [6.45, 7) is 7.47. The highest BCUT2D eigenvalue weighted by molar-refractivity contribution is 7.08. The molecule has 0 bridgehead atoms.